The fourth-order valence-corrected chi connectivity index (χ4v) is 4.08. The molecule has 0 amide bonds. The number of anilines is 1. The number of ether oxygens (including phenoxy) is 1. The molecule has 1 aromatic heterocycles. The van der Waals surface area contributed by atoms with E-state index < -0.39 is 18.0 Å². The van der Waals surface area contributed by atoms with Gasteiger partial charge in [-0.25, -0.2) is 9.59 Å². The Kier molecular flexibility index (Phi) is 8.83. The molecule has 172 valence electrons. The van der Waals surface area contributed by atoms with Crippen molar-refractivity contribution in [3.8, 4) is 22.4 Å². The van der Waals surface area contributed by atoms with E-state index in [4.69, 9.17) is 4.74 Å². The first-order chi connectivity index (χ1) is 16.1. The van der Waals surface area contributed by atoms with Crippen molar-refractivity contribution in [1.82, 2.24) is 10.2 Å². The van der Waals surface area contributed by atoms with Crippen LogP contribution >= 0.6 is 11.8 Å². The molecule has 2 aromatic carbocycles. The molecule has 3 rings (SSSR count). The normalized spacial score (nSPS) is 11.6. The average Bonchev–Trinajstić information content (AvgIpc) is 2.84. The van der Waals surface area contributed by atoms with Crippen molar-refractivity contribution >= 4 is 29.5 Å². The van der Waals surface area contributed by atoms with Crippen LogP contribution in [0.15, 0.2) is 60.7 Å². The van der Waals surface area contributed by atoms with Crippen LogP contribution < -0.4 is 5.32 Å². The van der Waals surface area contributed by atoms with Crippen LogP contribution in [-0.4, -0.2) is 51.4 Å². The molecule has 0 spiro atoms. The van der Waals surface area contributed by atoms with Crippen LogP contribution in [0.25, 0.3) is 22.4 Å². The third kappa shape index (κ3) is 6.10. The number of carbonyl (C=O) groups excluding carboxylic acids is 1. The van der Waals surface area contributed by atoms with Gasteiger partial charge < -0.3 is 15.2 Å². The Hall–Kier alpha value is -3.39. The molecule has 0 fully saturated rings. The SMILES string of the molecule is CCOC(=O)c1c(NC(CCSCC)C(=O)O)nnc(-c2ccccc2)c1-c1ccccc1. The highest BCUT2D eigenvalue weighted by Gasteiger charge is 2.28. The zero-order valence-corrected chi connectivity index (χ0v) is 19.5. The molecule has 3 aromatic rings. The summed E-state index contributed by atoms with van der Waals surface area (Å²) in [6, 6.07) is 17.9. The van der Waals surface area contributed by atoms with Gasteiger partial charge in [-0.15, -0.1) is 10.2 Å². The minimum absolute atomic E-state index is 0.0980. The van der Waals surface area contributed by atoms with Crippen LogP contribution in [-0.2, 0) is 9.53 Å². The number of aliphatic carboxylic acids is 1. The summed E-state index contributed by atoms with van der Waals surface area (Å²) in [6.45, 7) is 3.92. The van der Waals surface area contributed by atoms with E-state index in [-0.39, 0.29) is 18.0 Å². The third-order valence-corrected chi connectivity index (χ3v) is 5.86. The number of esters is 1. The average molecular weight is 466 g/mol. The van der Waals surface area contributed by atoms with E-state index in [0.29, 0.717) is 23.4 Å². The zero-order valence-electron chi connectivity index (χ0n) is 18.7. The molecule has 33 heavy (non-hydrogen) atoms. The Morgan fingerprint density at radius 1 is 1.00 bits per heavy atom. The largest absolute Gasteiger partial charge is 0.480 e. The summed E-state index contributed by atoms with van der Waals surface area (Å²) < 4.78 is 5.36. The number of aromatic nitrogens is 2. The number of nitrogens with one attached hydrogen (secondary N) is 1. The quantitative estimate of drug-likeness (QED) is 0.301. The Bertz CT molecular complexity index is 1080. The maximum absolute atomic E-state index is 13.2. The maximum atomic E-state index is 13.2. The second-order valence-electron chi connectivity index (χ2n) is 7.12. The summed E-state index contributed by atoms with van der Waals surface area (Å²) in [5.74, 6) is 0.0519. The van der Waals surface area contributed by atoms with Gasteiger partial charge in [-0.05, 0) is 30.4 Å². The molecule has 1 unspecified atom stereocenters. The zero-order chi connectivity index (χ0) is 23.6. The molecule has 2 N–H and O–H groups in total. The van der Waals surface area contributed by atoms with Gasteiger partial charge in [-0.2, -0.15) is 11.8 Å². The molecular formula is C25H27N3O4S. The fourth-order valence-electron chi connectivity index (χ4n) is 3.39. The van der Waals surface area contributed by atoms with E-state index >= 15 is 0 Å². The van der Waals surface area contributed by atoms with E-state index in [1.807, 2.05) is 67.6 Å². The van der Waals surface area contributed by atoms with Gasteiger partial charge in [0, 0.05) is 11.1 Å². The highest BCUT2D eigenvalue weighted by molar-refractivity contribution is 7.99. The van der Waals surface area contributed by atoms with Crippen molar-refractivity contribution in [3.63, 3.8) is 0 Å². The molecule has 0 saturated carbocycles. The number of carboxylic acids is 1. The first kappa shape index (κ1) is 24.3. The summed E-state index contributed by atoms with van der Waals surface area (Å²) in [5.41, 5.74) is 2.78. The number of carboxylic acid groups (broad SMARTS) is 1. The third-order valence-electron chi connectivity index (χ3n) is 4.93. The van der Waals surface area contributed by atoms with E-state index in [2.05, 4.69) is 15.5 Å². The lowest BCUT2D eigenvalue weighted by Crippen LogP contribution is -2.31. The van der Waals surface area contributed by atoms with Gasteiger partial charge in [0.25, 0.3) is 0 Å². The lowest BCUT2D eigenvalue weighted by Gasteiger charge is -2.20. The van der Waals surface area contributed by atoms with Crippen molar-refractivity contribution in [3.05, 3.63) is 66.2 Å². The summed E-state index contributed by atoms with van der Waals surface area (Å²) in [5, 5.41) is 21.4. The van der Waals surface area contributed by atoms with Gasteiger partial charge in [0.1, 0.15) is 17.3 Å². The number of benzene rings is 2. The molecule has 7 nitrogen and oxygen atoms in total. The van der Waals surface area contributed by atoms with Gasteiger partial charge in [0.15, 0.2) is 5.82 Å². The molecule has 0 saturated heterocycles. The van der Waals surface area contributed by atoms with Crippen LogP contribution in [0, 0.1) is 0 Å². The summed E-state index contributed by atoms with van der Waals surface area (Å²) in [7, 11) is 0. The van der Waals surface area contributed by atoms with Gasteiger partial charge in [0.05, 0.1) is 6.61 Å². The standard InChI is InChI=1S/C25H27N3O4S/c1-3-32-25(31)21-20(17-11-7-5-8-12-17)22(18-13-9-6-10-14-18)27-28-23(21)26-19(24(29)30)15-16-33-4-2/h5-14,19H,3-4,15-16H2,1-2H3,(H,26,28)(H,29,30). The van der Waals surface area contributed by atoms with Crippen molar-refractivity contribution in [2.24, 2.45) is 0 Å². The van der Waals surface area contributed by atoms with Crippen molar-refractivity contribution in [2.75, 3.05) is 23.4 Å². The Balaban J connectivity index is 2.20. The first-order valence-corrected chi connectivity index (χ1v) is 12.0. The van der Waals surface area contributed by atoms with E-state index in [0.717, 1.165) is 16.9 Å². The second-order valence-corrected chi connectivity index (χ2v) is 8.51. The topological polar surface area (TPSA) is 101 Å². The van der Waals surface area contributed by atoms with Crippen molar-refractivity contribution in [2.45, 2.75) is 26.3 Å². The molecule has 1 heterocycles. The molecule has 1 atom stereocenters. The van der Waals surface area contributed by atoms with Gasteiger partial charge >= 0.3 is 11.9 Å². The van der Waals surface area contributed by atoms with Crippen LogP contribution in [0.4, 0.5) is 5.82 Å². The van der Waals surface area contributed by atoms with Crippen molar-refractivity contribution < 1.29 is 19.4 Å². The van der Waals surface area contributed by atoms with Crippen LogP contribution in [0.3, 0.4) is 0 Å². The smallest absolute Gasteiger partial charge is 0.342 e. The summed E-state index contributed by atoms with van der Waals surface area (Å²) >= 11 is 1.65. The van der Waals surface area contributed by atoms with Crippen molar-refractivity contribution in [1.29, 1.82) is 0 Å². The molecule has 0 bridgehead atoms. The monoisotopic (exact) mass is 465 g/mol. The highest BCUT2D eigenvalue weighted by Crippen LogP contribution is 2.36. The number of hydrogen-bond donors (Lipinski definition) is 2. The molecular weight excluding hydrogens is 438 g/mol. The molecule has 0 radical (unpaired) electrons. The number of nitrogens with zero attached hydrogens (tertiary/aromatic N) is 2. The fraction of sp³-hybridized carbons (Fsp3) is 0.280. The minimum atomic E-state index is -1.02. The summed E-state index contributed by atoms with van der Waals surface area (Å²) in [4.78, 5) is 25.1. The maximum Gasteiger partial charge on any atom is 0.342 e. The Morgan fingerprint density at radius 2 is 1.64 bits per heavy atom. The molecule has 0 aliphatic carbocycles. The lowest BCUT2D eigenvalue weighted by atomic mass is 9.95. The molecule has 8 heteroatoms. The predicted octanol–water partition coefficient (Wildman–Crippen LogP) is 5.00. The van der Waals surface area contributed by atoms with E-state index in [9.17, 15) is 14.7 Å². The molecule has 0 aliphatic rings. The van der Waals surface area contributed by atoms with Crippen LogP contribution in [0.5, 0.6) is 0 Å². The van der Waals surface area contributed by atoms with Gasteiger partial charge in [-0.1, -0.05) is 67.6 Å². The minimum Gasteiger partial charge on any atom is -0.480 e. The molecule has 0 aliphatic heterocycles. The number of rotatable bonds is 11. The predicted molar refractivity (Wildman–Crippen MR) is 132 cm³/mol. The first-order valence-electron chi connectivity index (χ1n) is 10.8. The van der Waals surface area contributed by atoms with Crippen LogP contribution in [0.1, 0.15) is 30.6 Å². The highest BCUT2D eigenvalue weighted by atomic mass is 32.2. The number of hydrogen-bond acceptors (Lipinski definition) is 7. The number of thioether (sulfide) groups is 1. The Labute approximate surface area is 197 Å². The lowest BCUT2D eigenvalue weighted by molar-refractivity contribution is -0.137. The second kappa shape index (κ2) is 12.0. The van der Waals surface area contributed by atoms with Gasteiger partial charge in [-0.3, -0.25) is 0 Å². The Morgan fingerprint density at radius 3 is 2.21 bits per heavy atom. The van der Waals surface area contributed by atoms with Crippen LogP contribution in [0.2, 0.25) is 0 Å². The van der Waals surface area contributed by atoms with E-state index in [1.165, 1.54) is 0 Å². The van der Waals surface area contributed by atoms with Gasteiger partial charge in [0.2, 0.25) is 0 Å². The van der Waals surface area contributed by atoms with E-state index in [1.54, 1.807) is 18.7 Å². The summed E-state index contributed by atoms with van der Waals surface area (Å²) in [6.07, 6.45) is 0.374. The number of carbonyl (C=O) groups is 2.